The first-order chi connectivity index (χ1) is 15.2. The van der Waals surface area contributed by atoms with Crippen molar-refractivity contribution in [1.29, 1.82) is 0 Å². The predicted octanol–water partition coefficient (Wildman–Crippen LogP) is 4.10. The highest BCUT2D eigenvalue weighted by molar-refractivity contribution is 5.79. The molecule has 1 N–H and O–H groups in total. The molecule has 2 fully saturated rings. The molecule has 3 aliphatic rings. The van der Waals surface area contributed by atoms with Gasteiger partial charge < -0.3 is 19.6 Å². The van der Waals surface area contributed by atoms with Gasteiger partial charge in [-0.3, -0.25) is 0 Å². The average Bonchev–Trinajstić information content (AvgIpc) is 3.41. The fourth-order valence-electron chi connectivity index (χ4n) is 5.59. The minimum atomic E-state index is -0.172. The molecule has 5 heteroatoms. The molecular formula is C26H32N2O3. The van der Waals surface area contributed by atoms with Gasteiger partial charge in [-0.15, -0.1) is 0 Å². The van der Waals surface area contributed by atoms with E-state index in [1.165, 1.54) is 22.3 Å². The quantitative estimate of drug-likeness (QED) is 0.791. The number of hydrogen-bond donors (Lipinski definition) is 1. The van der Waals surface area contributed by atoms with Crippen LogP contribution in [0.25, 0.3) is 11.1 Å². The maximum atomic E-state index is 13.0. The summed E-state index contributed by atoms with van der Waals surface area (Å²) in [5, 5.41) is 9.36. The monoisotopic (exact) mass is 420 g/mol. The highest BCUT2D eigenvalue weighted by Gasteiger charge is 2.34. The van der Waals surface area contributed by atoms with Crippen LogP contribution in [0.1, 0.15) is 42.7 Å². The van der Waals surface area contributed by atoms with E-state index in [0.717, 1.165) is 51.9 Å². The maximum Gasteiger partial charge on any atom is 0.410 e. The molecule has 2 aromatic rings. The van der Waals surface area contributed by atoms with E-state index in [2.05, 4.69) is 53.4 Å². The summed E-state index contributed by atoms with van der Waals surface area (Å²) in [7, 11) is 0. The Morgan fingerprint density at radius 3 is 2.23 bits per heavy atom. The molecule has 2 saturated heterocycles. The lowest BCUT2D eigenvalue weighted by molar-refractivity contribution is 0.0772. The van der Waals surface area contributed by atoms with Crippen molar-refractivity contribution in [2.45, 2.75) is 37.6 Å². The molecule has 2 aromatic carbocycles. The average molecular weight is 421 g/mol. The Morgan fingerprint density at radius 1 is 0.935 bits per heavy atom. The first-order valence-electron chi connectivity index (χ1n) is 11.7. The number of piperidine rings is 1. The zero-order valence-corrected chi connectivity index (χ0v) is 18.1. The van der Waals surface area contributed by atoms with E-state index in [9.17, 15) is 9.90 Å². The second-order valence-corrected chi connectivity index (χ2v) is 9.22. The Hall–Kier alpha value is -2.37. The van der Waals surface area contributed by atoms with E-state index in [1.807, 2.05) is 4.90 Å². The number of benzene rings is 2. The highest BCUT2D eigenvalue weighted by atomic mass is 16.6. The number of ether oxygens (including phenoxy) is 1. The minimum Gasteiger partial charge on any atom is -0.448 e. The van der Waals surface area contributed by atoms with Gasteiger partial charge >= 0.3 is 6.09 Å². The van der Waals surface area contributed by atoms with Crippen LogP contribution in [-0.4, -0.2) is 66.4 Å². The Labute approximate surface area is 184 Å². The zero-order chi connectivity index (χ0) is 21.2. The number of fused-ring (bicyclic) bond motifs is 3. The first kappa shape index (κ1) is 20.5. The van der Waals surface area contributed by atoms with Gasteiger partial charge in [0.05, 0.1) is 0 Å². The Balaban J connectivity index is 1.22. The van der Waals surface area contributed by atoms with Gasteiger partial charge in [-0.1, -0.05) is 48.5 Å². The topological polar surface area (TPSA) is 53.0 Å². The largest absolute Gasteiger partial charge is 0.448 e. The summed E-state index contributed by atoms with van der Waals surface area (Å²) in [5.41, 5.74) is 5.01. The smallest absolute Gasteiger partial charge is 0.410 e. The Bertz CT molecular complexity index is 877. The van der Waals surface area contributed by atoms with Gasteiger partial charge in [0.15, 0.2) is 0 Å². The van der Waals surface area contributed by atoms with E-state index in [-0.39, 0.29) is 18.1 Å². The fraction of sp³-hybridized carbons (Fsp3) is 0.500. The van der Waals surface area contributed by atoms with Gasteiger partial charge in [0, 0.05) is 31.7 Å². The molecule has 0 bridgehead atoms. The van der Waals surface area contributed by atoms with Gasteiger partial charge in [0.1, 0.15) is 6.61 Å². The van der Waals surface area contributed by atoms with Crippen LogP contribution < -0.4 is 0 Å². The van der Waals surface area contributed by atoms with Gasteiger partial charge in [0.2, 0.25) is 0 Å². The van der Waals surface area contributed by atoms with Crippen molar-refractivity contribution in [3.05, 3.63) is 59.7 Å². The van der Waals surface area contributed by atoms with E-state index in [4.69, 9.17) is 4.74 Å². The third-order valence-corrected chi connectivity index (χ3v) is 7.38. The van der Waals surface area contributed by atoms with Crippen LogP contribution in [-0.2, 0) is 4.74 Å². The summed E-state index contributed by atoms with van der Waals surface area (Å²) in [5.74, 6) is 0.549. The lowest BCUT2D eigenvalue weighted by Crippen LogP contribution is -2.46. The molecule has 5 rings (SSSR count). The molecule has 0 saturated carbocycles. The molecule has 0 aromatic heterocycles. The van der Waals surface area contributed by atoms with Crippen LogP contribution >= 0.6 is 0 Å². The zero-order valence-electron chi connectivity index (χ0n) is 18.1. The molecule has 2 heterocycles. The number of amides is 1. The Morgan fingerprint density at radius 2 is 1.58 bits per heavy atom. The van der Waals surface area contributed by atoms with Crippen LogP contribution in [0.3, 0.4) is 0 Å². The van der Waals surface area contributed by atoms with E-state index in [0.29, 0.717) is 19.1 Å². The van der Waals surface area contributed by atoms with Gasteiger partial charge in [-0.25, -0.2) is 4.79 Å². The summed E-state index contributed by atoms with van der Waals surface area (Å²) in [4.78, 5) is 17.4. The number of carbonyl (C=O) groups is 1. The van der Waals surface area contributed by atoms with E-state index in [1.54, 1.807) is 0 Å². The second-order valence-electron chi connectivity index (χ2n) is 9.22. The van der Waals surface area contributed by atoms with Gasteiger partial charge in [0.25, 0.3) is 0 Å². The predicted molar refractivity (Wildman–Crippen MR) is 121 cm³/mol. The van der Waals surface area contributed by atoms with Gasteiger partial charge in [-0.05, 0) is 66.9 Å². The Kier molecular flexibility index (Phi) is 5.97. The molecular weight excluding hydrogens is 388 g/mol. The van der Waals surface area contributed by atoms with Crippen molar-refractivity contribution < 1.29 is 14.6 Å². The highest BCUT2D eigenvalue weighted by Crippen LogP contribution is 2.44. The standard InChI is InChI=1S/C26H32N2O3/c29-17-19-11-14-27(15-12-19)16-20-6-5-13-28(20)26(30)31-18-25-23-9-3-1-7-21(23)22-8-2-4-10-24(22)25/h1-4,7-10,19-20,25,29H,5-6,11-18H2/t20-/m0/s1. The molecule has 164 valence electrons. The van der Waals surface area contributed by atoms with Crippen LogP contribution in [0.4, 0.5) is 4.79 Å². The number of nitrogens with zero attached hydrogens (tertiary/aromatic N) is 2. The molecule has 5 nitrogen and oxygen atoms in total. The minimum absolute atomic E-state index is 0.106. The van der Waals surface area contributed by atoms with Crippen LogP contribution in [0, 0.1) is 5.92 Å². The molecule has 2 aliphatic heterocycles. The van der Waals surface area contributed by atoms with Crippen molar-refractivity contribution in [2.24, 2.45) is 5.92 Å². The van der Waals surface area contributed by atoms with Crippen LogP contribution in [0.2, 0.25) is 0 Å². The van der Waals surface area contributed by atoms with Crippen LogP contribution in [0.15, 0.2) is 48.5 Å². The molecule has 1 atom stereocenters. The number of likely N-dealkylation sites (tertiary alicyclic amines) is 2. The lowest BCUT2D eigenvalue weighted by Gasteiger charge is -2.35. The molecule has 0 radical (unpaired) electrons. The molecule has 1 aliphatic carbocycles. The van der Waals surface area contributed by atoms with E-state index < -0.39 is 0 Å². The first-order valence-corrected chi connectivity index (χ1v) is 11.7. The maximum absolute atomic E-state index is 13.0. The van der Waals surface area contributed by atoms with Crippen molar-refractivity contribution in [2.75, 3.05) is 39.4 Å². The number of hydrogen-bond acceptors (Lipinski definition) is 4. The molecule has 31 heavy (non-hydrogen) atoms. The van der Waals surface area contributed by atoms with Gasteiger partial charge in [-0.2, -0.15) is 0 Å². The summed E-state index contributed by atoms with van der Waals surface area (Å²) in [6.45, 7) is 4.42. The lowest BCUT2D eigenvalue weighted by atomic mass is 9.97. The summed E-state index contributed by atoms with van der Waals surface area (Å²) in [6.07, 6.45) is 4.02. The summed E-state index contributed by atoms with van der Waals surface area (Å²) >= 11 is 0. The number of rotatable bonds is 5. The third-order valence-electron chi connectivity index (χ3n) is 7.38. The van der Waals surface area contributed by atoms with E-state index >= 15 is 0 Å². The number of aliphatic hydroxyl groups excluding tert-OH is 1. The van der Waals surface area contributed by atoms with Crippen LogP contribution in [0.5, 0.6) is 0 Å². The fourth-order valence-corrected chi connectivity index (χ4v) is 5.59. The second kappa shape index (κ2) is 9.01. The molecule has 0 spiro atoms. The summed E-state index contributed by atoms with van der Waals surface area (Å²) in [6, 6.07) is 17.1. The normalized spacial score (nSPS) is 21.8. The summed E-state index contributed by atoms with van der Waals surface area (Å²) < 4.78 is 5.91. The van der Waals surface area contributed by atoms with Crippen molar-refractivity contribution >= 4 is 6.09 Å². The molecule has 1 amide bonds. The third kappa shape index (κ3) is 4.09. The van der Waals surface area contributed by atoms with Crippen molar-refractivity contribution in [1.82, 2.24) is 9.80 Å². The SMILES string of the molecule is O=C(OCC1c2ccccc2-c2ccccc21)N1CCC[C@H]1CN1CCC(CO)CC1. The number of carbonyl (C=O) groups excluding carboxylic acids is 1. The van der Waals surface area contributed by atoms with Crippen molar-refractivity contribution in [3.63, 3.8) is 0 Å². The molecule has 0 unspecified atom stereocenters. The number of aliphatic hydroxyl groups is 1. The van der Waals surface area contributed by atoms with Crippen molar-refractivity contribution in [3.8, 4) is 11.1 Å².